The maximum atomic E-state index is 12.7. The minimum Gasteiger partial charge on any atom is -0.490 e. The van der Waals surface area contributed by atoms with E-state index >= 15 is 0 Å². The fourth-order valence-corrected chi connectivity index (χ4v) is 4.31. The molecule has 0 aliphatic heterocycles. The molecule has 1 N–H and O–H groups in total. The van der Waals surface area contributed by atoms with Crippen LogP contribution in [0.25, 0.3) is 6.08 Å². The summed E-state index contributed by atoms with van der Waals surface area (Å²) in [4.78, 5) is 12.7. The lowest BCUT2D eigenvalue weighted by molar-refractivity contribution is -0.112. The highest BCUT2D eigenvalue weighted by atomic mass is 32.1. The molecule has 2 aromatic carbocycles. The summed E-state index contributed by atoms with van der Waals surface area (Å²) < 4.78 is 17.6. The van der Waals surface area contributed by atoms with Crippen molar-refractivity contribution in [2.75, 3.05) is 25.1 Å². The largest absolute Gasteiger partial charge is 0.490 e. The first-order chi connectivity index (χ1) is 17.9. The molecule has 0 aliphatic rings. The van der Waals surface area contributed by atoms with E-state index < -0.39 is 5.91 Å². The molecular weight excluding hydrogens is 488 g/mol. The number of unbranched alkanes of at least 4 members (excludes halogenated alkanes) is 1. The molecule has 37 heavy (non-hydrogen) atoms. The zero-order valence-corrected chi connectivity index (χ0v) is 22.5. The Kier molecular flexibility index (Phi) is 10.5. The van der Waals surface area contributed by atoms with Crippen LogP contribution in [-0.4, -0.2) is 35.9 Å². The highest BCUT2D eigenvalue weighted by Gasteiger charge is 2.14. The summed E-state index contributed by atoms with van der Waals surface area (Å²) in [6.07, 6.45) is 4.38. The van der Waals surface area contributed by atoms with E-state index in [0.29, 0.717) is 42.0 Å². The van der Waals surface area contributed by atoms with Crippen molar-refractivity contribution < 1.29 is 19.0 Å². The maximum absolute atomic E-state index is 12.7. The summed E-state index contributed by atoms with van der Waals surface area (Å²) in [7, 11) is 0. The number of nitriles is 1. The minimum absolute atomic E-state index is 0.0524. The zero-order chi connectivity index (χ0) is 26.6. The van der Waals surface area contributed by atoms with E-state index in [1.807, 2.05) is 45.0 Å². The Morgan fingerprint density at radius 3 is 2.51 bits per heavy atom. The Morgan fingerprint density at radius 1 is 1.05 bits per heavy atom. The molecule has 0 aliphatic carbocycles. The van der Waals surface area contributed by atoms with Gasteiger partial charge in [0.25, 0.3) is 5.91 Å². The Morgan fingerprint density at radius 2 is 1.81 bits per heavy atom. The number of aryl methyl sites for hydroxylation is 3. The number of hydrogen-bond donors (Lipinski definition) is 1. The summed E-state index contributed by atoms with van der Waals surface area (Å²) in [6, 6.07) is 13.2. The summed E-state index contributed by atoms with van der Waals surface area (Å²) in [5.41, 5.74) is 2.73. The van der Waals surface area contributed by atoms with E-state index in [9.17, 15) is 10.1 Å². The number of aromatic nitrogens is 2. The average molecular weight is 521 g/mol. The lowest BCUT2D eigenvalue weighted by atomic mass is 10.1. The summed E-state index contributed by atoms with van der Waals surface area (Å²) >= 11 is 1.32. The smallest absolute Gasteiger partial charge is 0.268 e. The van der Waals surface area contributed by atoms with Crippen molar-refractivity contribution in [1.29, 1.82) is 5.26 Å². The second kappa shape index (κ2) is 14.0. The standard InChI is InChI=1S/C28H32N4O4S/c1-5-7-11-25-31-32-28(37-25)30-27(33)22(18-29)16-21-12-13-23(24(17-21)34-6-2)35-14-15-36-26-19(3)9-8-10-20(26)4/h8-10,12-13,16-17H,5-7,11,14-15H2,1-4H3,(H,30,32,33)/b22-16-. The number of carbonyl (C=O) groups is 1. The molecule has 0 spiro atoms. The average Bonchev–Trinajstić information content (AvgIpc) is 3.33. The van der Waals surface area contributed by atoms with Crippen LogP contribution in [0.15, 0.2) is 42.0 Å². The van der Waals surface area contributed by atoms with Crippen LogP contribution in [0.5, 0.6) is 17.2 Å². The van der Waals surface area contributed by atoms with Crippen molar-refractivity contribution in [2.24, 2.45) is 0 Å². The molecule has 0 bridgehead atoms. The monoisotopic (exact) mass is 520 g/mol. The Hall–Kier alpha value is -3.90. The van der Waals surface area contributed by atoms with E-state index in [1.165, 1.54) is 17.4 Å². The molecule has 1 heterocycles. The number of benzene rings is 2. The van der Waals surface area contributed by atoms with Crippen LogP contribution in [0.3, 0.4) is 0 Å². The third-order valence-electron chi connectivity index (χ3n) is 5.37. The third-order valence-corrected chi connectivity index (χ3v) is 6.27. The predicted molar refractivity (Wildman–Crippen MR) is 145 cm³/mol. The van der Waals surface area contributed by atoms with Crippen LogP contribution >= 0.6 is 11.3 Å². The van der Waals surface area contributed by atoms with Crippen molar-refractivity contribution in [2.45, 2.75) is 47.0 Å². The molecule has 0 saturated heterocycles. The molecule has 0 atom stereocenters. The summed E-state index contributed by atoms with van der Waals surface area (Å²) in [5.74, 6) is 1.40. The van der Waals surface area contributed by atoms with Crippen LogP contribution in [0.1, 0.15) is 48.4 Å². The molecule has 194 valence electrons. The first kappa shape index (κ1) is 27.7. The fourth-order valence-electron chi connectivity index (χ4n) is 3.54. The van der Waals surface area contributed by atoms with E-state index in [0.717, 1.165) is 41.1 Å². The first-order valence-electron chi connectivity index (χ1n) is 12.3. The van der Waals surface area contributed by atoms with Gasteiger partial charge in [-0.05, 0) is 62.1 Å². The van der Waals surface area contributed by atoms with Crippen molar-refractivity contribution in [3.05, 3.63) is 63.7 Å². The van der Waals surface area contributed by atoms with Crippen LogP contribution < -0.4 is 19.5 Å². The van der Waals surface area contributed by atoms with Crippen molar-refractivity contribution in [3.8, 4) is 23.3 Å². The Bertz CT molecular complexity index is 1260. The first-order valence-corrected chi connectivity index (χ1v) is 13.1. The highest BCUT2D eigenvalue weighted by Crippen LogP contribution is 2.30. The maximum Gasteiger partial charge on any atom is 0.268 e. The molecule has 0 unspecified atom stereocenters. The zero-order valence-electron chi connectivity index (χ0n) is 21.7. The van der Waals surface area contributed by atoms with Gasteiger partial charge in [-0.25, -0.2) is 0 Å². The van der Waals surface area contributed by atoms with Gasteiger partial charge >= 0.3 is 0 Å². The molecule has 8 nitrogen and oxygen atoms in total. The lowest BCUT2D eigenvalue weighted by Crippen LogP contribution is -2.13. The van der Waals surface area contributed by atoms with Crippen LogP contribution in [0.4, 0.5) is 5.13 Å². The van der Waals surface area contributed by atoms with Crippen molar-refractivity contribution >= 4 is 28.5 Å². The molecule has 3 rings (SSSR count). The number of anilines is 1. The highest BCUT2D eigenvalue weighted by molar-refractivity contribution is 7.15. The molecule has 3 aromatic rings. The second-order valence-electron chi connectivity index (χ2n) is 8.29. The van der Waals surface area contributed by atoms with Gasteiger partial charge in [-0.1, -0.05) is 48.9 Å². The third kappa shape index (κ3) is 8.05. The van der Waals surface area contributed by atoms with Gasteiger partial charge in [0.15, 0.2) is 11.5 Å². The molecule has 0 fully saturated rings. The van der Waals surface area contributed by atoms with E-state index in [2.05, 4.69) is 22.4 Å². The molecule has 1 aromatic heterocycles. The molecule has 0 saturated carbocycles. The molecular formula is C28H32N4O4S. The molecule has 0 radical (unpaired) electrons. The van der Waals surface area contributed by atoms with Gasteiger partial charge in [-0.15, -0.1) is 10.2 Å². The number of rotatable bonds is 13. The summed E-state index contributed by atoms with van der Waals surface area (Å²) in [6.45, 7) is 9.15. The lowest BCUT2D eigenvalue weighted by Gasteiger charge is -2.15. The molecule has 9 heteroatoms. The fraction of sp³-hybridized carbons (Fsp3) is 0.357. The minimum atomic E-state index is -0.539. The van der Waals surface area contributed by atoms with Crippen molar-refractivity contribution in [3.63, 3.8) is 0 Å². The van der Waals surface area contributed by atoms with Crippen LogP contribution in [0.2, 0.25) is 0 Å². The SMILES string of the molecule is CCCCc1nnc(NC(=O)/C(C#N)=C\c2ccc(OCCOc3c(C)cccc3C)c(OCC)c2)s1. The number of nitrogens with one attached hydrogen (secondary N) is 1. The second-order valence-corrected chi connectivity index (χ2v) is 9.35. The number of para-hydroxylation sites is 1. The predicted octanol–water partition coefficient (Wildman–Crippen LogP) is 5.90. The van der Waals surface area contributed by atoms with Crippen LogP contribution in [-0.2, 0) is 11.2 Å². The summed E-state index contributed by atoms with van der Waals surface area (Å²) in [5, 5.41) is 21.6. The van der Waals surface area contributed by atoms with Crippen LogP contribution in [0, 0.1) is 25.2 Å². The quantitative estimate of drug-likeness (QED) is 0.170. The van der Waals surface area contributed by atoms with Gasteiger partial charge in [-0.2, -0.15) is 5.26 Å². The van der Waals surface area contributed by atoms with Gasteiger partial charge < -0.3 is 14.2 Å². The van der Waals surface area contributed by atoms with Gasteiger partial charge in [0.1, 0.15) is 35.6 Å². The Labute approximate surface area is 221 Å². The Balaban J connectivity index is 1.65. The normalized spacial score (nSPS) is 11.1. The van der Waals surface area contributed by atoms with E-state index in [4.69, 9.17) is 14.2 Å². The topological polar surface area (TPSA) is 106 Å². The number of ether oxygens (including phenoxy) is 3. The number of nitrogens with zero attached hydrogens (tertiary/aromatic N) is 3. The van der Waals surface area contributed by atoms with E-state index in [-0.39, 0.29) is 5.57 Å². The molecule has 1 amide bonds. The number of amides is 1. The van der Waals surface area contributed by atoms with Gasteiger partial charge in [0.2, 0.25) is 5.13 Å². The number of carbonyl (C=O) groups excluding carboxylic acids is 1. The van der Waals surface area contributed by atoms with E-state index in [1.54, 1.807) is 18.2 Å². The number of hydrogen-bond acceptors (Lipinski definition) is 8. The van der Waals surface area contributed by atoms with Gasteiger partial charge in [0, 0.05) is 6.42 Å². The van der Waals surface area contributed by atoms with Gasteiger partial charge in [-0.3, -0.25) is 10.1 Å². The van der Waals surface area contributed by atoms with Crippen molar-refractivity contribution in [1.82, 2.24) is 10.2 Å². The van der Waals surface area contributed by atoms with Gasteiger partial charge in [0.05, 0.1) is 6.61 Å².